The molecule has 14 heavy (non-hydrogen) atoms. The Morgan fingerprint density at radius 1 is 1.50 bits per heavy atom. The lowest BCUT2D eigenvalue weighted by atomic mass is 10.1. The molecule has 3 N–H and O–H groups in total. The highest BCUT2D eigenvalue weighted by Gasteiger charge is 2.10. The van der Waals surface area contributed by atoms with Crippen LogP contribution in [0.4, 0.5) is 5.82 Å². The Hall–Kier alpha value is -1.78. The third-order valence-corrected chi connectivity index (χ3v) is 2.18. The quantitative estimate of drug-likeness (QED) is 0.748. The first-order valence-electron chi connectivity index (χ1n) is 4.38. The van der Waals surface area contributed by atoms with Gasteiger partial charge in [-0.1, -0.05) is 5.16 Å². The van der Waals surface area contributed by atoms with E-state index in [4.69, 9.17) is 10.3 Å². The van der Waals surface area contributed by atoms with Gasteiger partial charge in [0.05, 0.1) is 5.69 Å². The highest BCUT2D eigenvalue weighted by atomic mass is 16.5. The van der Waals surface area contributed by atoms with Gasteiger partial charge < -0.3 is 15.2 Å². The summed E-state index contributed by atoms with van der Waals surface area (Å²) in [6.45, 7) is 3.81. The smallest absolute Gasteiger partial charge is 0.141 e. The monoisotopic (exact) mass is 192 g/mol. The average molecular weight is 192 g/mol. The molecule has 74 valence electrons. The van der Waals surface area contributed by atoms with Gasteiger partial charge in [-0.05, 0) is 13.8 Å². The molecule has 0 aromatic carbocycles. The summed E-state index contributed by atoms with van der Waals surface area (Å²) in [5.41, 5.74) is 7.47. The van der Waals surface area contributed by atoms with Gasteiger partial charge in [0.1, 0.15) is 17.4 Å². The van der Waals surface area contributed by atoms with Crippen LogP contribution in [-0.2, 0) is 6.42 Å². The summed E-state index contributed by atoms with van der Waals surface area (Å²) in [5, 5.41) is 3.87. The first kappa shape index (κ1) is 8.80. The molecule has 2 aromatic heterocycles. The van der Waals surface area contributed by atoms with Crippen molar-refractivity contribution < 1.29 is 4.52 Å². The standard InChI is InChI=1S/C9H12N4O/c1-5-7(6(2)14-13-5)3-9-11-4-8(10)12-9/h4H,3,10H2,1-2H3,(H,11,12). The van der Waals surface area contributed by atoms with Crippen LogP contribution in [0.2, 0.25) is 0 Å². The Bertz CT molecular complexity index is 424. The molecule has 0 saturated carbocycles. The third kappa shape index (κ3) is 1.48. The first-order valence-corrected chi connectivity index (χ1v) is 4.38. The number of nitrogen functional groups attached to an aromatic ring is 1. The van der Waals surface area contributed by atoms with E-state index < -0.39 is 0 Å². The van der Waals surface area contributed by atoms with Crippen LogP contribution in [0.5, 0.6) is 0 Å². The first-order chi connectivity index (χ1) is 6.66. The lowest BCUT2D eigenvalue weighted by Gasteiger charge is -1.95. The van der Waals surface area contributed by atoms with Gasteiger partial charge in [0, 0.05) is 18.2 Å². The molecular formula is C9H12N4O. The van der Waals surface area contributed by atoms with Crippen LogP contribution < -0.4 is 5.73 Å². The fraction of sp³-hybridized carbons (Fsp3) is 0.333. The maximum atomic E-state index is 5.50. The van der Waals surface area contributed by atoms with E-state index in [0.29, 0.717) is 12.2 Å². The van der Waals surface area contributed by atoms with Crippen molar-refractivity contribution in [3.05, 3.63) is 29.0 Å². The van der Waals surface area contributed by atoms with E-state index >= 15 is 0 Å². The molecule has 0 fully saturated rings. The molecule has 0 atom stereocenters. The molecule has 0 unspecified atom stereocenters. The molecule has 5 heteroatoms. The minimum Gasteiger partial charge on any atom is -0.382 e. The Morgan fingerprint density at radius 2 is 2.29 bits per heavy atom. The number of H-pyrrole nitrogens is 1. The highest BCUT2D eigenvalue weighted by Crippen LogP contribution is 2.15. The molecule has 0 bridgehead atoms. The van der Waals surface area contributed by atoms with E-state index in [0.717, 1.165) is 22.8 Å². The van der Waals surface area contributed by atoms with E-state index in [1.165, 1.54) is 0 Å². The van der Waals surface area contributed by atoms with Crippen LogP contribution in [0, 0.1) is 13.8 Å². The lowest BCUT2D eigenvalue weighted by Crippen LogP contribution is -1.94. The minimum atomic E-state index is 0.506. The van der Waals surface area contributed by atoms with Crippen molar-refractivity contribution in [1.82, 2.24) is 15.1 Å². The van der Waals surface area contributed by atoms with E-state index in [9.17, 15) is 0 Å². The normalized spacial score (nSPS) is 10.7. The second-order valence-electron chi connectivity index (χ2n) is 3.25. The predicted octanol–water partition coefficient (Wildman–Crippen LogP) is 1.19. The second-order valence-corrected chi connectivity index (χ2v) is 3.25. The number of nitrogens with one attached hydrogen (secondary N) is 1. The third-order valence-electron chi connectivity index (χ3n) is 2.18. The van der Waals surface area contributed by atoms with Crippen LogP contribution in [0.25, 0.3) is 0 Å². The van der Waals surface area contributed by atoms with Gasteiger partial charge in [-0.3, -0.25) is 0 Å². The van der Waals surface area contributed by atoms with Crippen molar-refractivity contribution in [3.8, 4) is 0 Å². The van der Waals surface area contributed by atoms with E-state index in [1.54, 1.807) is 6.20 Å². The summed E-state index contributed by atoms with van der Waals surface area (Å²) in [6.07, 6.45) is 2.35. The minimum absolute atomic E-state index is 0.506. The molecular weight excluding hydrogens is 180 g/mol. The highest BCUT2D eigenvalue weighted by molar-refractivity contribution is 5.29. The summed E-state index contributed by atoms with van der Waals surface area (Å²) in [6, 6.07) is 0. The van der Waals surface area contributed by atoms with Crippen LogP contribution in [-0.4, -0.2) is 15.1 Å². The van der Waals surface area contributed by atoms with Crippen molar-refractivity contribution in [1.29, 1.82) is 0 Å². The topological polar surface area (TPSA) is 80.7 Å². The number of nitrogens with zero attached hydrogens (tertiary/aromatic N) is 2. The Kier molecular flexibility index (Phi) is 1.99. The number of anilines is 1. The number of imidazole rings is 1. The molecule has 0 spiro atoms. The summed E-state index contributed by atoms with van der Waals surface area (Å²) >= 11 is 0. The maximum absolute atomic E-state index is 5.50. The molecule has 0 saturated heterocycles. The van der Waals surface area contributed by atoms with Gasteiger partial charge in [0.25, 0.3) is 0 Å². The molecule has 0 aliphatic heterocycles. The Morgan fingerprint density at radius 3 is 2.79 bits per heavy atom. The van der Waals surface area contributed by atoms with E-state index in [-0.39, 0.29) is 0 Å². The van der Waals surface area contributed by atoms with Gasteiger partial charge in [-0.25, -0.2) is 4.98 Å². The largest absolute Gasteiger partial charge is 0.382 e. The van der Waals surface area contributed by atoms with Gasteiger partial charge in [0.2, 0.25) is 0 Å². The molecule has 0 aliphatic carbocycles. The average Bonchev–Trinajstić information content (AvgIpc) is 2.67. The molecule has 5 nitrogen and oxygen atoms in total. The van der Waals surface area contributed by atoms with Gasteiger partial charge in [-0.2, -0.15) is 0 Å². The lowest BCUT2D eigenvalue weighted by molar-refractivity contribution is 0.392. The summed E-state index contributed by atoms with van der Waals surface area (Å²) < 4.78 is 5.05. The summed E-state index contributed by atoms with van der Waals surface area (Å²) in [4.78, 5) is 7.11. The summed E-state index contributed by atoms with van der Waals surface area (Å²) in [5.74, 6) is 2.17. The predicted molar refractivity (Wildman–Crippen MR) is 51.8 cm³/mol. The number of rotatable bonds is 2. The Balaban J connectivity index is 2.26. The fourth-order valence-electron chi connectivity index (χ4n) is 1.39. The van der Waals surface area contributed by atoms with E-state index in [1.807, 2.05) is 13.8 Å². The van der Waals surface area contributed by atoms with E-state index in [2.05, 4.69) is 15.1 Å². The fourth-order valence-corrected chi connectivity index (χ4v) is 1.39. The van der Waals surface area contributed by atoms with Gasteiger partial charge in [0.15, 0.2) is 0 Å². The van der Waals surface area contributed by atoms with Crippen LogP contribution in [0.1, 0.15) is 22.8 Å². The molecule has 0 radical (unpaired) electrons. The molecule has 2 heterocycles. The molecule has 0 amide bonds. The zero-order valence-corrected chi connectivity index (χ0v) is 8.16. The zero-order chi connectivity index (χ0) is 10.1. The molecule has 0 aliphatic rings. The number of hydrogen-bond acceptors (Lipinski definition) is 4. The van der Waals surface area contributed by atoms with Crippen LogP contribution >= 0.6 is 0 Å². The zero-order valence-electron chi connectivity index (χ0n) is 8.16. The van der Waals surface area contributed by atoms with Crippen LogP contribution in [0.15, 0.2) is 10.7 Å². The van der Waals surface area contributed by atoms with Gasteiger partial charge in [-0.15, -0.1) is 0 Å². The van der Waals surface area contributed by atoms with Crippen molar-refractivity contribution in [2.45, 2.75) is 20.3 Å². The Labute approximate surface area is 81.3 Å². The number of aryl methyl sites for hydroxylation is 2. The maximum Gasteiger partial charge on any atom is 0.141 e. The molecule has 2 rings (SSSR count). The van der Waals surface area contributed by atoms with Crippen molar-refractivity contribution in [2.24, 2.45) is 0 Å². The van der Waals surface area contributed by atoms with Gasteiger partial charge >= 0.3 is 0 Å². The van der Waals surface area contributed by atoms with Crippen molar-refractivity contribution in [2.75, 3.05) is 5.73 Å². The second kappa shape index (κ2) is 3.17. The van der Waals surface area contributed by atoms with Crippen molar-refractivity contribution >= 4 is 5.82 Å². The summed E-state index contributed by atoms with van der Waals surface area (Å²) in [7, 11) is 0. The SMILES string of the molecule is Cc1noc(C)c1Cc1nc(N)c[nH]1. The molecule has 2 aromatic rings. The number of hydrogen-bond donors (Lipinski definition) is 2. The number of aromatic nitrogens is 3. The number of nitrogens with two attached hydrogens (primary N) is 1. The number of aromatic amines is 1. The van der Waals surface area contributed by atoms with Crippen molar-refractivity contribution in [3.63, 3.8) is 0 Å². The van der Waals surface area contributed by atoms with Crippen LogP contribution in [0.3, 0.4) is 0 Å².